The molecule has 0 saturated carbocycles. The van der Waals surface area contributed by atoms with Gasteiger partial charge in [-0.2, -0.15) is 0 Å². The molecule has 1 amide bonds. The van der Waals surface area contributed by atoms with Crippen LogP contribution in [0.4, 0.5) is 10.5 Å². The molecule has 0 spiro atoms. The molecule has 0 fully saturated rings. The second-order valence-electron chi connectivity index (χ2n) is 4.49. The van der Waals surface area contributed by atoms with Gasteiger partial charge < -0.3 is 4.74 Å². The normalized spacial score (nSPS) is 21.0. The molecule has 112 valence electrons. The van der Waals surface area contributed by atoms with Crippen molar-refractivity contribution < 1.29 is 14.4 Å². The molecule has 1 aliphatic heterocycles. The SMILES string of the molecule is C=CCOC(=O)NC1C=CC(C)N(c2ccc(Br)cc2)O1. The Kier molecular flexibility index (Phi) is 5.41. The number of hydrogen-bond acceptors (Lipinski definition) is 4. The Bertz CT molecular complexity index is 530. The lowest BCUT2D eigenvalue weighted by atomic mass is 10.2. The molecule has 1 heterocycles. The van der Waals surface area contributed by atoms with Crippen LogP contribution in [-0.4, -0.2) is 25.0 Å². The van der Waals surface area contributed by atoms with E-state index in [4.69, 9.17) is 9.57 Å². The van der Waals surface area contributed by atoms with Gasteiger partial charge in [-0.15, -0.1) is 0 Å². The number of ether oxygens (including phenoxy) is 1. The number of benzene rings is 1. The van der Waals surface area contributed by atoms with E-state index in [-0.39, 0.29) is 12.6 Å². The van der Waals surface area contributed by atoms with E-state index in [1.807, 2.05) is 37.3 Å². The Balaban J connectivity index is 2.01. The van der Waals surface area contributed by atoms with Gasteiger partial charge in [0.25, 0.3) is 0 Å². The molecule has 2 rings (SSSR count). The monoisotopic (exact) mass is 352 g/mol. The summed E-state index contributed by atoms with van der Waals surface area (Å²) in [5.74, 6) is 0. The maximum absolute atomic E-state index is 11.5. The van der Waals surface area contributed by atoms with Crippen molar-refractivity contribution >= 4 is 27.7 Å². The van der Waals surface area contributed by atoms with Crippen LogP contribution in [0.5, 0.6) is 0 Å². The highest BCUT2D eigenvalue weighted by Crippen LogP contribution is 2.24. The predicted molar refractivity (Wildman–Crippen MR) is 84.8 cm³/mol. The van der Waals surface area contributed by atoms with Gasteiger partial charge in [0.05, 0.1) is 11.7 Å². The van der Waals surface area contributed by atoms with Gasteiger partial charge in [0.1, 0.15) is 6.61 Å². The first-order valence-corrected chi connectivity index (χ1v) is 7.33. The van der Waals surface area contributed by atoms with Crippen LogP contribution in [0.3, 0.4) is 0 Å². The number of amides is 1. The summed E-state index contributed by atoms with van der Waals surface area (Å²) in [6, 6.07) is 7.81. The van der Waals surface area contributed by atoms with Gasteiger partial charge in [0.15, 0.2) is 6.23 Å². The number of carbonyl (C=O) groups is 1. The molecule has 0 bridgehead atoms. The molecule has 21 heavy (non-hydrogen) atoms. The van der Waals surface area contributed by atoms with Crippen molar-refractivity contribution in [2.75, 3.05) is 11.7 Å². The lowest BCUT2D eigenvalue weighted by molar-refractivity contribution is 0.0229. The molecule has 2 atom stereocenters. The molecule has 2 unspecified atom stereocenters. The van der Waals surface area contributed by atoms with E-state index in [1.165, 1.54) is 6.08 Å². The number of carbonyl (C=O) groups excluding carboxylic acids is 1. The molecule has 0 aliphatic carbocycles. The fraction of sp³-hybridized carbons (Fsp3) is 0.267. The van der Waals surface area contributed by atoms with E-state index in [0.717, 1.165) is 10.2 Å². The summed E-state index contributed by atoms with van der Waals surface area (Å²) in [5, 5.41) is 4.36. The third-order valence-electron chi connectivity index (χ3n) is 2.83. The molecule has 0 saturated heterocycles. The van der Waals surface area contributed by atoms with Crippen LogP contribution in [0.15, 0.2) is 53.5 Å². The van der Waals surface area contributed by atoms with Crippen LogP contribution in [0.25, 0.3) is 0 Å². The molecule has 1 N–H and O–H groups in total. The minimum Gasteiger partial charge on any atom is -0.445 e. The molecule has 6 heteroatoms. The minimum absolute atomic E-state index is 0.0634. The first-order valence-electron chi connectivity index (χ1n) is 6.54. The number of anilines is 1. The highest BCUT2D eigenvalue weighted by atomic mass is 79.9. The van der Waals surface area contributed by atoms with E-state index < -0.39 is 12.3 Å². The lowest BCUT2D eigenvalue weighted by Crippen LogP contribution is -2.46. The molecule has 0 radical (unpaired) electrons. The minimum atomic E-state index is -0.567. The summed E-state index contributed by atoms with van der Waals surface area (Å²) in [6.45, 7) is 5.65. The van der Waals surface area contributed by atoms with Crippen LogP contribution >= 0.6 is 15.9 Å². The Morgan fingerprint density at radius 1 is 1.48 bits per heavy atom. The molecule has 5 nitrogen and oxygen atoms in total. The summed E-state index contributed by atoms with van der Waals surface area (Å²) in [5.41, 5.74) is 0.904. The number of nitrogens with zero attached hydrogens (tertiary/aromatic N) is 1. The summed E-state index contributed by atoms with van der Waals surface area (Å²) in [4.78, 5) is 17.3. The quantitative estimate of drug-likeness (QED) is 0.844. The average Bonchev–Trinajstić information content (AvgIpc) is 2.48. The van der Waals surface area contributed by atoms with Gasteiger partial charge >= 0.3 is 6.09 Å². The third kappa shape index (κ3) is 4.34. The zero-order valence-electron chi connectivity index (χ0n) is 11.7. The van der Waals surface area contributed by atoms with Gasteiger partial charge in [-0.3, -0.25) is 5.32 Å². The third-order valence-corrected chi connectivity index (χ3v) is 3.36. The first kappa shape index (κ1) is 15.6. The fourth-order valence-corrected chi connectivity index (χ4v) is 2.11. The molecule has 1 aromatic carbocycles. The summed E-state index contributed by atoms with van der Waals surface area (Å²) in [7, 11) is 0. The van der Waals surface area contributed by atoms with Crippen molar-refractivity contribution in [3.8, 4) is 0 Å². The van der Waals surface area contributed by atoms with Gasteiger partial charge in [-0.05, 0) is 37.3 Å². The molecule has 1 aromatic rings. The summed E-state index contributed by atoms with van der Waals surface area (Å²) < 4.78 is 5.87. The Morgan fingerprint density at radius 3 is 2.86 bits per heavy atom. The second-order valence-corrected chi connectivity index (χ2v) is 5.40. The zero-order valence-corrected chi connectivity index (χ0v) is 13.2. The Morgan fingerprint density at radius 2 is 2.19 bits per heavy atom. The average molecular weight is 353 g/mol. The lowest BCUT2D eigenvalue weighted by Gasteiger charge is -2.34. The topological polar surface area (TPSA) is 50.8 Å². The molecule has 1 aliphatic rings. The zero-order chi connectivity index (χ0) is 15.2. The molecule has 0 aromatic heterocycles. The number of hydroxylamine groups is 1. The van der Waals surface area contributed by atoms with Crippen molar-refractivity contribution in [3.05, 3.63) is 53.5 Å². The number of hydrogen-bond donors (Lipinski definition) is 1. The predicted octanol–water partition coefficient (Wildman–Crippen LogP) is 3.38. The highest BCUT2D eigenvalue weighted by molar-refractivity contribution is 9.10. The van der Waals surface area contributed by atoms with Crippen LogP contribution in [-0.2, 0) is 9.57 Å². The van der Waals surface area contributed by atoms with Gasteiger partial charge in [0, 0.05) is 4.47 Å². The standard InChI is InChI=1S/C15H17BrN2O3/c1-3-10-20-15(19)17-14-9-4-11(2)18(21-14)13-7-5-12(16)6-8-13/h3-9,11,14H,1,10H2,2H3,(H,17,19). The van der Waals surface area contributed by atoms with Crippen LogP contribution in [0.2, 0.25) is 0 Å². The van der Waals surface area contributed by atoms with Crippen molar-refractivity contribution in [3.63, 3.8) is 0 Å². The first-order chi connectivity index (χ1) is 10.1. The van der Waals surface area contributed by atoms with E-state index in [1.54, 1.807) is 11.1 Å². The number of halogens is 1. The number of nitrogens with one attached hydrogen (secondary N) is 1. The van der Waals surface area contributed by atoms with Crippen molar-refractivity contribution in [2.45, 2.75) is 19.2 Å². The van der Waals surface area contributed by atoms with E-state index in [9.17, 15) is 4.79 Å². The fourth-order valence-electron chi connectivity index (χ4n) is 1.84. The van der Waals surface area contributed by atoms with Crippen LogP contribution in [0.1, 0.15) is 6.92 Å². The van der Waals surface area contributed by atoms with Crippen molar-refractivity contribution in [1.29, 1.82) is 0 Å². The second kappa shape index (κ2) is 7.28. The van der Waals surface area contributed by atoms with Gasteiger partial charge in [-0.1, -0.05) is 34.7 Å². The molecular formula is C15H17BrN2O3. The van der Waals surface area contributed by atoms with Gasteiger partial charge in [-0.25, -0.2) is 14.7 Å². The number of rotatable bonds is 4. The maximum Gasteiger partial charge on any atom is 0.409 e. The smallest absolute Gasteiger partial charge is 0.409 e. The van der Waals surface area contributed by atoms with Crippen molar-refractivity contribution in [1.82, 2.24) is 5.32 Å². The molecular weight excluding hydrogens is 336 g/mol. The van der Waals surface area contributed by atoms with E-state index in [2.05, 4.69) is 27.8 Å². The van der Waals surface area contributed by atoms with E-state index >= 15 is 0 Å². The maximum atomic E-state index is 11.5. The highest BCUT2D eigenvalue weighted by Gasteiger charge is 2.23. The van der Waals surface area contributed by atoms with Crippen LogP contribution in [0, 0.1) is 0 Å². The summed E-state index contributed by atoms with van der Waals surface area (Å²) >= 11 is 3.40. The summed E-state index contributed by atoms with van der Waals surface area (Å²) in [6.07, 6.45) is 4.14. The Labute approximate surface area is 132 Å². The van der Waals surface area contributed by atoms with Crippen LogP contribution < -0.4 is 10.4 Å². The van der Waals surface area contributed by atoms with Gasteiger partial charge in [0.2, 0.25) is 0 Å². The van der Waals surface area contributed by atoms with Crippen molar-refractivity contribution in [2.24, 2.45) is 0 Å². The largest absolute Gasteiger partial charge is 0.445 e. The Hall–Kier alpha value is -1.79. The number of alkyl carbamates (subject to hydrolysis) is 1. The van der Waals surface area contributed by atoms with E-state index in [0.29, 0.717) is 0 Å².